The molecule has 0 bridgehead atoms. The predicted octanol–water partition coefficient (Wildman–Crippen LogP) is -1.41. The van der Waals surface area contributed by atoms with Gasteiger partial charge in [-0.05, 0) is 0 Å². The van der Waals surface area contributed by atoms with Crippen LogP contribution in [0.2, 0.25) is 0 Å². The summed E-state index contributed by atoms with van der Waals surface area (Å²) < 4.78 is 0. The molecule has 3 heterocycles. The number of likely N-dealkylation sites (tertiary alicyclic amines) is 2. The number of carbonyl (C=O) groups excluding carboxylic acids is 3. The fourth-order valence-corrected chi connectivity index (χ4v) is 2.92. The molecular formula is C12H15N3O3. The van der Waals surface area contributed by atoms with E-state index in [0.717, 1.165) is 0 Å². The zero-order valence-electron chi connectivity index (χ0n) is 10.1. The van der Waals surface area contributed by atoms with Gasteiger partial charge in [0.25, 0.3) is 0 Å². The number of nitrogens with one attached hydrogen (secondary N) is 1. The van der Waals surface area contributed by atoms with E-state index in [1.54, 1.807) is 4.90 Å². The summed E-state index contributed by atoms with van der Waals surface area (Å²) in [6, 6.07) is -0.299. The Morgan fingerprint density at radius 3 is 2.39 bits per heavy atom. The first-order valence-electron chi connectivity index (χ1n) is 6.10. The molecule has 0 aromatic heterocycles. The van der Waals surface area contributed by atoms with Gasteiger partial charge in [-0.3, -0.25) is 24.6 Å². The van der Waals surface area contributed by atoms with Gasteiger partial charge < -0.3 is 4.90 Å². The lowest BCUT2D eigenvalue weighted by Crippen LogP contribution is -2.44. The van der Waals surface area contributed by atoms with Gasteiger partial charge in [-0.2, -0.15) is 0 Å². The second-order valence-corrected chi connectivity index (χ2v) is 5.01. The van der Waals surface area contributed by atoms with Crippen molar-refractivity contribution >= 4 is 17.7 Å². The molecule has 0 aliphatic carbocycles. The van der Waals surface area contributed by atoms with Crippen molar-refractivity contribution in [2.45, 2.75) is 6.04 Å². The summed E-state index contributed by atoms with van der Waals surface area (Å²) in [5.41, 5.74) is 0. The van der Waals surface area contributed by atoms with Crippen molar-refractivity contribution in [1.82, 2.24) is 15.1 Å². The third kappa shape index (κ3) is 1.49. The number of imide groups is 1. The van der Waals surface area contributed by atoms with Gasteiger partial charge in [0.1, 0.15) is 6.04 Å². The Morgan fingerprint density at radius 2 is 1.89 bits per heavy atom. The lowest BCUT2D eigenvalue weighted by molar-refractivity contribution is -0.139. The maximum atomic E-state index is 12.1. The standard InChI is InChI=1S/C12H15N3O3/c1-14-10(16)7-5-15(6-8(7)11(14)17)12(18)9-3-2-4-13-9/h2-3,7-9,13H,4-6H2,1H3. The number of fused-ring (bicyclic) bond motifs is 1. The van der Waals surface area contributed by atoms with E-state index in [1.165, 1.54) is 11.9 Å². The highest BCUT2D eigenvalue weighted by Crippen LogP contribution is 2.32. The van der Waals surface area contributed by atoms with E-state index in [2.05, 4.69) is 5.32 Å². The van der Waals surface area contributed by atoms with Crippen molar-refractivity contribution in [3.05, 3.63) is 12.2 Å². The summed E-state index contributed by atoms with van der Waals surface area (Å²) in [7, 11) is 1.51. The molecule has 6 heteroatoms. The number of rotatable bonds is 1. The van der Waals surface area contributed by atoms with Crippen molar-refractivity contribution in [2.24, 2.45) is 11.8 Å². The van der Waals surface area contributed by atoms with E-state index in [-0.39, 0.29) is 35.6 Å². The summed E-state index contributed by atoms with van der Waals surface area (Å²) in [4.78, 5) is 38.6. The van der Waals surface area contributed by atoms with Gasteiger partial charge in [0, 0.05) is 26.7 Å². The first kappa shape index (κ1) is 11.4. The summed E-state index contributed by atoms with van der Waals surface area (Å²) in [6.45, 7) is 1.42. The Kier molecular flexibility index (Phi) is 2.48. The fraction of sp³-hybridized carbons (Fsp3) is 0.583. The van der Waals surface area contributed by atoms with Crippen molar-refractivity contribution in [2.75, 3.05) is 26.7 Å². The average Bonchev–Trinajstić information content (AvgIpc) is 3.06. The third-order valence-corrected chi connectivity index (χ3v) is 3.98. The van der Waals surface area contributed by atoms with Crippen molar-refractivity contribution < 1.29 is 14.4 Å². The zero-order chi connectivity index (χ0) is 12.9. The highest BCUT2D eigenvalue weighted by Gasteiger charge is 2.52. The van der Waals surface area contributed by atoms with Crippen LogP contribution in [0.15, 0.2) is 12.2 Å². The molecule has 3 unspecified atom stereocenters. The molecular weight excluding hydrogens is 234 g/mol. The molecule has 3 rings (SSSR count). The van der Waals surface area contributed by atoms with Crippen molar-refractivity contribution in [1.29, 1.82) is 0 Å². The molecule has 2 saturated heterocycles. The molecule has 0 aromatic rings. The largest absolute Gasteiger partial charge is 0.339 e. The maximum absolute atomic E-state index is 12.1. The number of hydrogen-bond donors (Lipinski definition) is 1. The fourth-order valence-electron chi connectivity index (χ4n) is 2.92. The molecule has 0 aromatic carbocycles. The first-order valence-corrected chi connectivity index (χ1v) is 6.10. The van der Waals surface area contributed by atoms with Crippen LogP contribution in [-0.4, -0.2) is 60.2 Å². The second kappa shape index (κ2) is 3.91. The van der Waals surface area contributed by atoms with E-state index in [1.807, 2.05) is 12.2 Å². The van der Waals surface area contributed by atoms with Crippen molar-refractivity contribution in [3.8, 4) is 0 Å². The normalized spacial score (nSPS) is 34.6. The van der Waals surface area contributed by atoms with Crippen LogP contribution in [0.4, 0.5) is 0 Å². The zero-order valence-corrected chi connectivity index (χ0v) is 10.1. The monoisotopic (exact) mass is 249 g/mol. The smallest absolute Gasteiger partial charge is 0.243 e. The van der Waals surface area contributed by atoms with Gasteiger partial charge in [-0.25, -0.2) is 0 Å². The molecule has 18 heavy (non-hydrogen) atoms. The second-order valence-electron chi connectivity index (χ2n) is 5.01. The van der Waals surface area contributed by atoms with Crippen LogP contribution < -0.4 is 5.32 Å². The molecule has 3 aliphatic rings. The number of hydrogen-bond acceptors (Lipinski definition) is 4. The lowest BCUT2D eigenvalue weighted by atomic mass is 10.00. The SMILES string of the molecule is CN1C(=O)C2CN(C(=O)C3C=CCN3)CC2C1=O. The van der Waals surface area contributed by atoms with Crippen LogP contribution in [0, 0.1) is 11.8 Å². The molecule has 0 spiro atoms. The van der Waals surface area contributed by atoms with Crippen LogP contribution >= 0.6 is 0 Å². The van der Waals surface area contributed by atoms with Gasteiger partial charge >= 0.3 is 0 Å². The van der Waals surface area contributed by atoms with E-state index in [0.29, 0.717) is 19.6 Å². The number of carbonyl (C=O) groups is 3. The number of nitrogens with zero attached hydrogens (tertiary/aromatic N) is 2. The lowest BCUT2D eigenvalue weighted by Gasteiger charge is -2.21. The minimum atomic E-state index is -0.336. The quantitative estimate of drug-likeness (QED) is 0.458. The molecule has 2 fully saturated rings. The van der Waals surface area contributed by atoms with E-state index in [9.17, 15) is 14.4 Å². The van der Waals surface area contributed by atoms with Crippen LogP contribution in [0.25, 0.3) is 0 Å². The minimum absolute atomic E-state index is 0.0404. The molecule has 96 valence electrons. The third-order valence-electron chi connectivity index (χ3n) is 3.98. The van der Waals surface area contributed by atoms with Crippen LogP contribution in [0.1, 0.15) is 0 Å². The van der Waals surface area contributed by atoms with Gasteiger partial charge in [-0.1, -0.05) is 12.2 Å². The van der Waals surface area contributed by atoms with E-state index >= 15 is 0 Å². The molecule has 1 N–H and O–H groups in total. The molecule has 0 saturated carbocycles. The Morgan fingerprint density at radius 1 is 1.28 bits per heavy atom. The highest BCUT2D eigenvalue weighted by molar-refractivity contribution is 6.06. The Balaban J connectivity index is 1.73. The summed E-state index contributed by atoms with van der Waals surface area (Å²) in [5, 5.41) is 3.05. The van der Waals surface area contributed by atoms with Crippen LogP contribution in [0.5, 0.6) is 0 Å². The topological polar surface area (TPSA) is 69.7 Å². The summed E-state index contributed by atoms with van der Waals surface area (Å²) >= 11 is 0. The summed E-state index contributed by atoms with van der Waals surface area (Å²) in [5.74, 6) is -1.03. The Hall–Kier alpha value is -1.69. The molecule has 3 amide bonds. The molecule has 3 atom stereocenters. The molecule has 3 aliphatic heterocycles. The van der Waals surface area contributed by atoms with Gasteiger partial charge in [0.15, 0.2) is 0 Å². The minimum Gasteiger partial charge on any atom is -0.339 e. The maximum Gasteiger partial charge on any atom is 0.243 e. The Labute approximate surface area is 105 Å². The predicted molar refractivity (Wildman–Crippen MR) is 62.3 cm³/mol. The Bertz CT molecular complexity index is 435. The molecule has 0 radical (unpaired) electrons. The van der Waals surface area contributed by atoms with E-state index < -0.39 is 0 Å². The van der Waals surface area contributed by atoms with Gasteiger partial charge in [0.2, 0.25) is 17.7 Å². The van der Waals surface area contributed by atoms with Crippen LogP contribution in [-0.2, 0) is 14.4 Å². The van der Waals surface area contributed by atoms with Gasteiger partial charge in [0.05, 0.1) is 11.8 Å². The number of amides is 3. The average molecular weight is 249 g/mol. The van der Waals surface area contributed by atoms with Gasteiger partial charge in [-0.15, -0.1) is 0 Å². The van der Waals surface area contributed by atoms with E-state index in [4.69, 9.17) is 0 Å². The summed E-state index contributed by atoms with van der Waals surface area (Å²) in [6.07, 6.45) is 3.73. The van der Waals surface area contributed by atoms with Crippen LogP contribution in [0.3, 0.4) is 0 Å². The molecule has 6 nitrogen and oxygen atoms in total. The first-order chi connectivity index (χ1) is 8.59. The highest BCUT2D eigenvalue weighted by atomic mass is 16.2. The van der Waals surface area contributed by atoms with Crippen molar-refractivity contribution in [3.63, 3.8) is 0 Å².